The van der Waals surface area contributed by atoms with Crippen LogP contribution in [-0.4, -0.2) is 5.91 Å². The molecule has 2 nitrogen and oxygen atoms in total. The third kappa shape index (κ3) is 23.2. The highest BCUT2D eigenvalue weighted by atomic mass is 16.1. The Morgan fingerprint density at radius 3 is 1.30 bits per heavy atom. The maximum absolute atomic E-state index is 11.3. The van der Waals surface area contributed by atoms with Crippen LogP contribution >= 0.6 is 0 Å². The summed E-state index contributed by atoms with van der Waals surface area (Å²) < 4.78 is 0. The van der Waals surface area contributed by atoms with Gasteiger partial charge in [-0.3, -0.25) is 4.79 Å². The van der Waals surface area contributed by atoms with E-state index in [-0.39, 0.29) is 5.91 Å². The van der Waals surface area contributed by atoms with Gasteiger partial charge in [-0.15, -0.1) is 0 Å². The van der Waals surface area contributed by atoms with E-state index in [1.807, 2.05) is 0 Å². The molecule has 0 unspecified atom stereocenters. The van der Waals surface area contributed by atoms with Crippen molar-refractivity contribution >= 4 is 5.91 Å². The Morgan fingerprint density at radius 1 is 0.633 bits per heavy atom. The fourth-order valence-corrected chi connectivity index (χ4v) is 3.86. The molecule has 0 aliphatic carbocycles. The highest BCUT2D eigenvalue weighted by Gasteiger charge is 1.97. The Hall–Kier alpha value is -1.05. The van der Waals surface area contributed by atoms with Crippen LogP contribution in [0.2, 0.25) is 0 Å². The van der Waals surface area contributed by atoms with E-state index in [4.69, 9.17) is 0 Å². The second-order valence-electron chi connectivity index (χ2n) is 9.16. The summed E-state index contributed by atoms with van der Waals surface area (Å²) in [5.74, 6) is -0.0882. The SMILES string of the molecule is C=C(C)C(=O)NC=CCCCCCCCCCCCCCCCCCCCCCC. The highest BCUT2D eigenvalue weighted by Crippen LogP contribution is 2.15. The maximum atomic E-state index is 11.3. The van der Waals surface area contributed by atoms with Gasteiger partial charge in [0.25, 0.3) is 0 Å². The van der Waals surface area contributed by atoms with E-state index in [9.17, 15) is 4.79 Å². The molecule has 0 fully saturated rings. The van der Waals surface area contributed by atoms with Crippen LogP contribution in [0.5, 0.6) is 0 Å². The number of hydrogen-bond acceptors (Lipinski definition) is 1. The summed E-state index contributed by atoms with van der Waals surface area (Å²) in [6.45, 7) is 7.64. The van der Waals surface area contributed by atoms with Crippen LogP contribution in [0.1, 0.15) is 149 Å². The number of allylic oxidation sites excluding steroid dienone is 1. The summed E-state index contributed by atoms with van der Waals surface area (Å²) in [5, 5.41) is 2.73. The molecule has 0 aliphatic heterocycles. The highest BCUT2D eigenvalue weighted by molar-refractivity contribution is 5.92. The average molecular weight is 420 g/mol. The smallest absolute Gasteiger partial charge is 0.250 e. The third-order valence-electron chi connectivity index (χ3n) is 5.94. The monoisotopic (exact) mass is 419 g/mol. The lowest BCUT2D eigenvalue weighted by Crippen LogP contribution is -2.16. The van der Waals surface area contributed by atoms with E-state index < -0.39 is 0 Å². The summed E-state index contributed by atoms with van der Waals surface area (Å²) in [6.07, 6.45) is 33.2. The van der Waals surface area contributed by atoms with Crippen LogP contribution in [0.15, 0.2) is 24.4 Å². The summed E-state index contributed by atoms with van der Waals surface area (Å²) in [4.78, 5) is 11.3. The van der Waals surface area contributed by atoms with Crippen molar-refractivity contribution in [1.29, 1.82) is 0 Å². The fourth-order valence-electron chi connectivity index (χ4n) is 3.86. The van der Waals surface area contributed by atoms with Crippen molar-refractivity contribution in [1.82, 2.24) is 5.32 Å². The minimum Gasteiger partial charge on any atom is -0.329 e. The van der Waals surface area contributed by atoms with Gasteiger partial charge in [0, 0.05) is 11.8 Å². The van der Waals surface area contributed by atoms with E-state index in [2.05, 4.69) is 24.9 Å². The van der Waals surface area contributed by atoms with Gasteiger partial charge in [-0.05, 0) is 19.8 Å². The largest absolute Gasteiger partial charge is 0.329 e. The molecule has 0 aliphatic rings. The molecular formula is C28H53NO. The summed E-state index contributed by atoms with van der Waals surface area (Å²) in [7, 11) is 0. The summed E-state index contributed by atoms with van der Waals surface area (Å²) in [6, 6.07) is 0. The van der Waals surface area contributed by atoms with Gasteiger partial charge in [-0.25, -0.2) is 0 Å². The van der Waals surface area contributed by atoms with Crippen LogP contribution in [0.3, 0.4) is 0 Å². The van der Waals surface area contributed by atoms with Gasteiger partial charge in [0.15, 0.2) is 0 Å². The molecular weight excluding hydrogens is 366 g/mol. The molecule has 0 radical (unpaired) electrons. The van der Waals surface area contributed by atoms with Gasteiger partial charge in [-0.1, -0.05) is 142 Å². The number of unbranched alkanes of at least 4 members (excludes halogenated alkanes) is 20. The molecule has 0 spiro atoms. The first kappa shape index (κ1) is 28.9. The number of hydrogen-bond donors (Lipinski definition) is 1. The Labute approximate surface area is 189 Å². The average Bonchev–Trinajstić information content (AvgIpc) is 2.74. The maximum Gasteiger partial charge on any atom is 0.250 e. The van der Waals surface area contributed by atoms with E-state index in [0.29, 0.717) is 5.57 Å². The van der Waals surface area contributed by atoms with Gasteiger partial charge < -0.3 is 5.32 Å². The van der Waals surface area contributed by atoms with Crippen LogP contribution in [-0.2, 0) is 4.79 Å². The van der Waals surface area contributed by atoms with Gasteiger partial charge in [0.1, 0.15) is 0 Å². The molecule has 0 aromatic heterocycles. The standard InChI is InChI=1S/C28H53NO/c1-4-5-6-7-8-9-10-11-12-13-14-15-16-17-18-19-20-21-22-23-24-25-26-29-28(30)27(2)3/h25-26H,2,4-24H2,1,3H3,(H,29,30). The fraction of sp³-hybridized carbons (Fsp3) is 0.821. The topological polar surface area (TPSA) is 29.1 Å². The molecule has 0 bridgehead atoms. The normalized spacial score (nSPS) is 11.3. The first-order valence-corrected chi connectivity index (χ1v) is 13.3. The zero-order chi connectivity index (χ0) is 22.1. The predicted molar refractivity (Wildman–Crippen MR) is 135 cm³/mol. The zero-order valence-corrected chi connectivity index (χ0v) is 20.6. The number of rotatable bonds is 23. The van der Waals surface area contributed by atoms with Crippen molar-refractivity contribution in [2.45, 2.75) is 149 Å². The molecule has 1 N–H and O–H groups in total. The van der Waals surface area contributed by atoms with Gasteiger partial charge >= 0.3 is 0 Å². The van der Waals surface area contributed by atoms with E-state index in [1.54, 1.807) is 13.1 Å². The summed E-state index contributed by atoms with van der Waals surface area (Å²) >= 11 is 0. The first-order valence-electron chi connectivity index (χ1n) is 13.3. The number of nitrogens with one attached hydrogen (secondary N) is 1. The Morgan fingerprint density at radius 2 is 0.967 bits per heavy atom. The molecule has 30 heavy (non-hydrogen) atoms. The Bertz CT molecular complexity index is 413. The molecule has 0 saturated heterocycles. The van der Waals surface area contributed by atoms with Crippen LogP contribution in [0.4, 0.5) is 0 Å². The van der Waals surface area contributed by atoms with Crippen molar-refractivity contribution in [3.8, 4) is 0 Å². The molecule has 0 rings (SSSR count). The second kappa shape index (κ2) is 24.2. The van der Waals surface area contributed by atoms with Crippen molar-refractivity contribution in [3.05, 3.63) is 24.4 Å². The molecule has 0 aromatic carbocycles. The lowest BCUT2D eigenvalue weighted by atomic mass is 10.0. The van der Waals surface area contributed by atoms with Gasteiger partial charge in [-0.2, -0.15) is 0 Å². The molecule has 2 heteroatoms. The minimum atomic E-state index is -0.0882. The van der Waals surface area contributed by atoms with Crippen molar-refractivity contribution < 1.29 is 4.79 Å². The Balaban J connectivity index is 3.10. The van der Waals surface area contributed by atoms with Crippen molar-refractivity contribution in [2.75, 3.05) is 0 Å². The van der Waals surface area contributed by atoms with E-state index in [1.165, 1.54) is 128 Å². The lowest BCUT2D eigenvalue weighted by Gasteiger charge is -2.04. The molecule has 0 atom stereocenters. The lowest BCUT2D eigenvalue weighted by molar-refractivity contribution is -0.116. The van der Waals surface area contributed by atoms with Crippen LogP contribution < -0.4 is 5.32 Å². The molecule has 176 valence electrons. The summed E-state index contributed by atoms with van der Waals surface area (Å²) in [5.41, 5.74) is 0.554. The predicted octanol–water partition coefficient (Wildman–Crippen LogP) is 9.40. The van der Waals surface area contributed by atoms with E-state index >= 15 is 0 Å². The molecule has 0 heterocycles. The minimum absolute atomic E-state index is 0.0882. The van der Waals surface area contributed by atoms with Gasteiger partial charge in [0.2, 0.25) is 5.91 Å². The van der Waals surface area contributed by atoms with Gasteiger partial charge in [0.05, 0.1) is 0 Å². The second-order valence-corrected chi connectivity index (χ2v) is 9.16. The van der Waals surface area contributed by atoms with Crippen molar-refractivity contribution in [3.63, 3.8) is 0 Å². The quantitative estimate of drug-likeness (QED) is 0.130. The number of carbonyl (C=O) groups excluding carboxylic acids is 1. The molecule has 0 saturated carbocycles. The van der Waals surface area contributed by atoms with Crippen LogP contribution in [0, 0.1) is 0 Å². The Kier molecular flexibility index (Phi) is 23.4. The van der Waals surface area contributed by atoms with E-state index in [0.717, 1.165) is 6.42 Å². The first-order chi connectivity index (χ1) is 14.7. The number of amides is 1. The number of carbonyl (C=O) groups is 1. The molecule has 1 amide bonds. The van der Waals surface area contributed by atoms with Crippen LogP contribution in [0.25, 0.3) is 0 Å². The zero-order valence-electron chi connectivity index (χ0n) is 20.6. The third-order valence-corrected chi connectivity index (χ3v) is 5.94. The van der Waals surface area contributed by atoms with Crippen molar-refractivity contribution in [2.24, 2.45) is 0 Å². The molecule has 0 aromatic rings.